The van der Waals surface area contributed by atoms with E-state index in [2.05, 4.69) is 59.1 Å². The molecule has 0 spiro atoms. The molecule has 0 saturated heterocycles. The summed E-state index contributed by atoms with van der Waals surface area (Å²) < 4.78 is 0.871. The molecule has 0 aliphatic rings. The van der Waals surface area contributed by atoms with Crippen LogP contribution in [0.4, 0.5) is 11.5 Å². The number of aromatic nitrogens is 1. The number of benzene rings is 1. The number of hydrogen-bond donors (Lipinski definition) is 1. The Bertz CT molecular complexity index is 573. The average Bonchev–Trinajstić information content (AvgIpc) is 2.25. The zero-order valence-electron chi connectivity index (χ0n) is 10.5. The molecule has 0 aliphatic carbocycles. The highest BCUT2D eigenvalue weighted by atomic mass is 79.9. The molecule has 0 amide bonds. The lowest BCUT2D eigenvalue weighted by Gasteiger charge is -2.14. The summed E-state index contributed by atoms with van der Waals surface area (Å²) in [5.41, 5.74) is 4.70. The number of rotatable bonds is 2. The highest BCUT2D eigenvalue weighted by Crippen LogP contribution is 2.29. The lowest BCUT2D eigenvalue weighted by Crippen LogP contribution is -1.99. The standard InChI is InChI=1S/C14H14BrClN2/c1-8-4-9(2)13(10(3)5-8)18-14-12(16)6-11(15)7-17-14/h4-7H,1-3H3,(H,17,18). The van der Waals surface area contributed by atoms with Crippen LogP contribution in [0.15, 0.2) is 28.9 Å². The first-order valence-corrected chi connectivity index (χ1v) is 6.80. The number of nitrogens with one attached hydrogen (secondary N) is 1. The van der Waals surface area contributed by atoms with E-state index >= 15 is 0 Å². The Labute approximate surface area is 121 Å². The van der Waals surface area contributed by atoms with Crippen molar-refractivity contribution in [2.45, 2.75) is 20.8 Å². The van der Waals surface area contributed by atoms with E-state index in [-0.39, 0.29) is 0 Å². The zero-order valence-corrected chi connectivity index (χ0v) is 12.9. The average molecular weight is 326 g/mol. The minimum atomic E-state index is 0.601. The van der Waals surface area contributed by atoms with Crippen molar-refractivity contribution >= 4 is 39.0 Å². The van der Waals surface area contributed by atoms with Crippen LogP contribution in [0.2, 0.25) is 5.02 Å². The van der Waals surface area contributed by atoms with Gasteiger partial charge in [0.05, 0.1) is 5.02 Å². The second-order valence-corrected chi connectivity index (χ2v) is 5.71. The second kappa shape index (κ2) is 5.29. The molecule has 2 nitrogen and oxygen atoms in total. The highest BCUT2D eigenvalue weighted by molar-refractivity contribution is 9.10. The summed E-state index contributed by atoms with van der Waals surface area (Å²) in [7, 11) is 0. The van der Waals surface area contributed by atoms with Gasteiger partial charge in [-0.05, 0) is 53.9 Å². The molecule has 1 heterocycles. The lowest BCUT2D eigenvalue weighted by atomic mass is 10.1. The Morgan fingerprint density at radius 1 is 1.11 bits per heavy atom. The maximum Gasteiger partial charge on any atom is 0.149 e. The molecule has 18 heavy (non-hydrogen) atoms. The van der Waals surface area contributed by atoms with Crippen molar-refractivity contribution in [2.24, 2.45) is 0 Å². The van der Waals surface area contributed by atoms with Gasteiger partial charge in [0.2, 0.25) is 0 Å². The van der Waals surface area contributed by atoms with E-state index in [0.717, 1.165) is 10.2 Å². The van der Waals surface area contributed by atoms with Crippen LogP contribution in [-0.2, 0) is 0 Å². The Balaban J connectivity index is 2.40. The second-order valence-electron chi connectivity index (χ2n) is 4.38. The molecule has 0 atom stereocenters. The van der Waals surface area contributed by atoms with Crippen molar-refractivity contribution in [1.29, 1.82) is 0 Å². The topological polar surface area (TPSA) is 24.9 Å². The Hall–Kier alpha value is -1.06. The Morgan fingerprint density at radius 3 is 2.28 bits per heavy atom. The fourth-order valence-corrected chi connectivity index (χ4v) is 2.68. The molecular formula is C14H14BrClN2. The molecule has 0 radical (unpaired) electrons. The van der Waals surface area contributed by atoms with Crippen LogP contribution >= 0.6 is 27.5 Å². The molecule has 0 bridgehead atoms. The van der Waals surface area contributed by atoms with Gasteiger partial charge in [0.25, 0.3) is 0 Å². The monoisotopic (exact) mass is 324 g/mol. The summed E-state index contributed by atoms with van der Waals surface area (Å²) in [6.45, 7) is 6.25. The maximum absolute atomic E-state index is 6.16. The molecule has 0 saturated carbocycles. The third-order valence-electron chi connectivity index (χ3n) is 2.73. The largest absolute Gasteiger partial charge is 0.339 e. The van der Waals surface area contributed by atoms with Gasteiger partial charge in [-0.1, -0.05) is 29.3 Å². The van der Waals surface area contributed by atoms with Crippen molar-refractivity contribution in [2.75, 3.05) is 5.32 Å². The Morgan fingerprint density at radius 2 is 1.72 bits per heavy atom. The predicted molar refractivity (Wildman–Crippen MR) is 80.9 cm³/mol. The molecular weight excluding hydrogens is 312 g/mol. The van der Waals surface area contributed by atoms with E-state index in [1.54, 1.807) is 6.20 Å². The quantitative estimate of drug-likeness (QED) is 0.824. The molecule has 1 aromatic heterocycles. The van der Waals surface area contributed by atoms with Gasteiger partial charge in [0.15, 0.2) is 0 Å². The molecule has 0 fully saturated rings. The number of hydrogen-bond acceptors (Lipinski definition) is 2. The van der Waals surface area contributed by atoms with Crippen LogP contribution < -0.4 is 5.32 Å². The molecule has 1 N–H and O–H groups in total. The molecule has 2 aromatic rings. The van der Waals surface area contributed by atoms with E-state index < -0.39 is 0 Å². The summed E-state index contributed by atoms with van der Waals surface area (Å²) >= 11 is 9.51. The molecule has 4 heteroatoms. The van der Waals surface area contributed by atoms with Crippen molar-refractivity contribution in [3.8, 4) is 0 Å². The van der Waals surface area contributed by atoms with Crippen LogP contribution in [0.1, 0.15) is 16.7 Å². The predicted octanol–water partition coefficient (Wildman–Crippen LogP) is 5.17. The highest BCUT2D eigenvalue weighted by Gasteiger charge is 2.08. The van der Waals surface area contributed by atoms with Gasteiger partial charge in [0.1, 0.15) is 5.82 Å². The zero-order chi connectivity index (χ0) is 13.3. The van der Waals surface area contributed by atoms with Crippen molar-refractivity contribution in [3.63, 3.8) is 0 Å². The third-order valence-corrected chi connectivity index (χ3v) is 3.45. The minimum Gasteiger partial charge on any atom is -0.339 e. The van der Waals surface area contributed by atoms with Gasteiger partial charge in [-0.15, -0.1) is 0 Å². The van der Waals surface area contributed by atoms with Crippen molar-refractivity contribution < 1.29 is 0 Å². The van der Waals surface area contributed by atoms with Gasteiger partial charge < -0.3 is 5.32 Å². The van der Waals surface area contributed by atoms with Crippen LogP contribution in [0, 0.1) is 20.8 Å². The molecule has 0 aliphatic heterocycles. The fraction of sp³-hybridized carbons (Fsp3) is 0.214. The summed E-state index contributed by atoms with van der Waals surface area (Å²) in [5, 5.41) is 3.90. The molecule has 1 aromatic carbocycles. The van der Waals surface area contributed by atoms with Gasteiger partial charge in [-0.3, -0.25) is 0 Å². The van der Waals surface area contributed by atoms with Gasteiger partial charge >= 0.3 is 0 Å². The van der Waals surface area contributed by atoms with Crippen molar-refractivity contribution in [1.82, 2.24) is 4.98 Å². The molecule has 0 unspecified atom stereocenters. The van der Waals surface area contributed by atoms with E-state index in [4.69, 9.17) is 11.6 Å². The summed E-state index contributed by atoms with van der Waals surface area (Å²) in [6.07, 6.45) is 1.73. The Kier molecular flexibility index (Phi) is 3.93. The van der Waals surface area contributed by atoms with E-state index in [1.807, 2.05) is 6.07 Å². The first-order valence-electron chi connectivity index (χ1n) is 5.63. The summed E-state index contributed by atoms with van der Waals surface area (Å²) in [4.78, 5) is 4.29. The van der Waals surface area contributed by atoms with Crippen molar-refractivity contribution in [3.05, 3.63) is 50.6 Å². The van der Waals surface area contributed by atoms with E-state index in [9.17, 15) is 0 Å². The van der Waals surface area contributed by atoms with Crippen LogP contribution in [0.3, 0.4) is 0 Å². The van der Waals surface area contributed by atoms with Gasteiger partial charge in [-0.25, -0.2) is 4.98 Å². The first-order chi connectivity index (χ1) is 8.47. The number of pyridine rings is 1. The lowest BCUT2D eigenvalue weighted by molar-refractivity contribution is 1.25. The number of halogens is 2. The van der Waals surface area contributed by atoms with Gasteiger partial charge in [-0.2, -0.15) is 0 Å². The summed E-state index contributed by atoms with van der Waals surface area (Å²) in [6, 6.07) is 6.11. The van der Waals surface area contributed by atoms with Crippen LogP contribution in [-0.4, -0.2) is 4.98 Å². The minimum absolute atomic E-state index is 0.601. The molecule has 94 valence electrons. The van der Waals surface area contributed by atoms with Gasteiger partial charge in [0, 0.05) is 16.4 Å². The number of nitrogens with zero attached hydrogens (tertiary/aromatic N) is 1. The number of aryl methyl sites for hydroxylation is 3. The SMILES string of the molecule is Cc1cc(C)c(Nc2ncc(Br)cc2Cl)c(C)c1. The number of anilines is 2. The fourth-order valence-electron chi connectivity index (χ4n) is 2.00. The third kappa shape index (κ3) is 2.85. The smallest absolute Gasteiger partial charge is 0.149 e. The van der Waals surface area contributed by atoms with E-state index in [1.165, 1.54) is 16.7 Å². The van der Waals surface area contributed by atoms with Crippen LogP contribution in [0.25, 0.3) is 0 Å². The van der Waals surface area contributed by atoms with E-state index in [0.29, 0.717) is 10.8 Å². The van der Waals surface area contributed by atoms with Crippen LogP contribution in [0.5, 0.6) is 0 Å². The maximum atomic E-state index is 6.16. The molecule has 2 rings (SSSR count). The summed E-state index contributed by atoms with van der Waals surface area (Å²) in [5.74, 6) is 0.676. The first kappa shape index (κ1) is 13.4. The normalized spacial score (nSPS) is 10.5.